The third-order valence-electron chi connectivity index (χ3n) is 3.14. The van der Waals surface area contributed by atoms with Crippen molar-refractivity contribution >= 4 is 11.6 Å². The molecule has 1 atom stereocenters. The van der Waals surface area contributed by atoms with Crippen molar-refractivity contribution in [1.29, 1.82) is 0 Å². The Balaban J connectivity index is 2.09. The topological polar surface area (TPSA) is 94.8 Å². The summed E-state index contributed by atoms with van der Waals surface area (Å²) in [5.41, 5.74) is 7.94. The van der Waals surface area contributed by atoms with Gasteiger partial charge in [0.25, 0.3) is 0 Å². The summed E-state index contributed by atoms with van der Waals surface area (Å²) in [6.45, 7) is 0.897. The molecule has 2 aromatic rings. The molecular weight excluding hydrogens is 216 g/mol. The zero-order valence-electron chi connectivity index (χ0n) is 9.30. The SMILES string of the molecule is Nc1nnc(C2CCNc3ccccc32)n1N. The minimum Gasteiger partial charge on any atom is -0.385 e. The minimum atomic E-state index is 0.155. The van der Waals surface area contributed by atoms with Gasteiger partial charge in [0.1, 0.15) is 0 Å². The van der Waals surface area contributed by atoms with E-state index in [1.165, 1.54) is 10.2 Å². The Labute approximate surface area is 98.6 Å². The van der Waals surface area contributed by atoms with Crippen LogP contribution in [0.5, 0.6) is 0 Å². The second-order valence-electron chi connectivity index (χ2n) is 4.14. The maximum absolute atomic E-state index is 5.84. The van der Waals surface area contributed by atoms with E-state index in [0.29, 0.717) is 0 Å². The highest BCUT2D eigenvalue weighted by atomic mass is 15.4. The van der Waals surface area contributed by atoms with E-state index in [9.17, 15) is 0 Å². The van der Waals surface area contributed by atoms with Gasteiger partial charge < -0.3 is 16.9 Å². The number of fused-ring (bicyclic) bond motifs is 1. The minimum absolute atomic E-state index is 0.155. The monoisotopic (exact) mass is 230 g/mol. The predicted octanol–water partition coefficient (Wildman–Crippen LogP) is 0.522. The summed E-state index contributed by atoms with van der Waals surface area (Å²) in [6.07, 6.45) is 0.937. The van der Waals surface area contributed by atoms with Gasteiger partial charge in [-0.1, -0.05) is 18.2 Å². The van der Waals surface area contributed by atoms with E-state index in [-0.39, 0.29) is 11.9 Å². The first-order chi connectivity index (χ1) is 8.27. The summed E-state index contributed by atoms with van der Waals surface area (Å²) in [5, 5.41) is 11.2. The lowest BCUT2D eigenvalue weighted by atomic mass is 9.90. The molecule has 0 saturated carbocycles. The van der Waals surface area contributed by atoms with Crippen molar-refractivity contribution in [2.24, 2.45) is 0 Å². The number of benzene rings is 1. The van der Waals surface area contributed by atoms with Gasteiger partial charge in [0, 0.05) is 18.2 Å². The maximum atomic E-state index is 5.84. The first-order valence-corrected chi connectivity index (χ1v) is 5.56. The molecule has 6 nitrogen and oxygen atoms in total. The summed E-state index contributed by atoms with van der Waals surface area (Å²) < 4.78 is 1.37. The van der Waals surface area contributed by atoms with Crippen LogP contribution < -0.4 is 16.9 Å². The predicted molar refractivity (Wildman–Crippen MR) is 66.0 cm³/mol. The first kappa shape index (κ1) is 9.95. The molecule has 1 unspecified atom stereocenters. The van der Waals surface area contributed by atoms with Gasteiger partial charge in [-0.3, -0.25) is 0 Å². The number of nitrogen functional groups attached to an aromatic ring is 2. The molecule has 0 radical (unpaired) electrons. The lowest BCUT2D eigenvalue weighted by Gasteiger charge is -2.25. The molecule has 1 aromatic heterocycles. The molecule has 5 N–H and O–H groups in total. The summed E-state index contributed by atoms with van der Waals surface area (Å²) >= 11 is 0. The largest absolute Gasteiger partial charge is 0.385 e. The van der Waals surface area contributed by atoms with Crippen molar-refractivity contribution in [1.82, 2.24) is 14.9 Å². The third-order valence-corrected chi connectivity index (χ3v) is 3.14. The van der Waals surface area contributed by atoms with Crippen LogP contribution in [0.15, 0.2) is 24.3 Å². The molecule has 0 aliphatic carbocycles. The van der Waals surface area contributed by atoms with Gasteiger partial charge in [0.2, 0.25) is 5.95 Å². The molecule has 6 heteroatoms. The fourth-order valence-corrected chi connectivity index (χ4v) is 2.29. The van der Waals surface area contributed by atoms with E-state index in [2.05, 4.69) is 27.6 Å². The Kier molecular flexibility index (Phi) is 2.14. The molecular formula is C11H14N6. The Morgan fingerprint density at radius 3 is 2.88 bits per heavy atom. The maximum Gasteiger partial charge on any atom is 0.240 e. The van der Waals surface area contributed by atoms with Crippen LogP contribution in [0, 0.1) is 0 Å². The lowest BCUT2D eigenvalue weighted by Crippen LogP contribution is -2.23. The molecule has 0 fully saturated rings. The van der Waals surface area contributed by atoms with Crippen LogP contribution in [0.2, 0.25) is 0 Å². The Morgan fingerprint density at radius 2 is 2.12 bits per heavy atom. The summed E-state index contributed by atoms with van der Waals surface area (Å²) in [7, 11) is 0. The lowest BCUT2D eigenvalue weighted by molar-refractivity contribution is 0.653. The highest BCUT2D eigenvalue weighted by Gasteiger charge is 2.26. The van der Waals surface area contributed by atoms with E-state index >= 15 is 0 Å². The highest BCUT2D eigenvalue weighted by Crippen LogP contribution is 2.35. The van der Waals surface area contributed by atoms with Gasteiger partial charge in [0.05, 0.1) is 0 Å². The van der Waals surface area contributed by atoms with Crippen LogP contribution >= 0.6 is 0 Å². The molecule has 0 saturated heterocycles. The van der Waals surface area contributed by atoms with Crippen molar-refractivity contribution in [3.63, 3.8) is 0 Å². The Morgan fingerprint density at radius 1 is 1.29 bits per heavy atom. The Hall–Kier alpha value is -2.24. The number of nitrogens with zero attached hydrogens (tertiary/aromatic N) is 3. The van der Waals surface area contributed by atoms with Gasteiger partial charge >= 0.3 is 0 Å². The molecule has 1 aliphatic rings. The van der Waals surface area contributed by atoms with Crippen LogP contribution in [0.1, 0.15) is 23.7 Å². The standard InChI is InChI=1S/C11H14N6/c12-11-16-15-10(17(11)13)8-5-6-14-9-4-2-1-3-7(8)9/h1-4,8,14H,5-6,13H2,(H2,12,16). The number of rotatable bonds is 1. The van der Waals surface area contributed by atoms with E-state index in [1.807, 2.05) is 12.1 Å². The van der Waals surface area contributed by atoms with Crippen molar-refractivity contribution in [2.75, 3.05) is 23.4 Å². The number of para-hydroxylation sites is 1. The van der Waals surface area contributed by atoms with Gasteiger partial charge in [-0.2, -0.15) is 0 Å². The molecule has 2 heterocycles. The molecule has 17 heavy (non-hydrogen) atoms. The fourth-order valence-electron chi connectivity index (χ4n) is 2.29. The average Bonchev–Trinajstić information content (AvgIpc) is 2.69. The number of nitrogens with two attached hydrogens (primary N) is 2. The molecule has 0 bridgehead atoms. The third kappa shape index (κ3) is 1.49. The van der Waals surface area contributed by atoms with Crippen molar-refractivity contribution in [3.05, 3.63) is 35.7 Å². The number of hydrogen-bond acceptors (Lipinski definition) is 5. The zero-order chi connectivity index (χ0) is 11.8. The number of anilines is 2. The smallest absolute Gasteiger partial charge is 0.240 e. The second-order valence-corrected chi connectivity index (χ2v) is 4.14. The summed E-state index contributed by atoms with van der Waals surface area (Å²) in [5.74, 6) is 6.96. The van der Waals surface area contributed by atoms with Crippen molar-refractivity contribution in [2.45, 2.75) is 12.3 Å². The van der Waals surface area contributed by atoms with E-state index in [1.54, 1.807) is 0 Å². The van der Waals surface area contributed by atoms with Crippen molar-refractivity contribution < 1.29 is 0 Å². The number of nitrogens with one attached hydrogen (secondary N) is 1. The van der Waals surface area contributed by atoms with E-state index in [0.717, 1.165) is 24.5 Å². The van der Waals surface area contributed by atoms with Crippen LogP contribution in [-0.2, 0) is 0 Å². The molecule has 0 amide bonds. The van der Waals surface area contributed by atoms with Crippen LogP contribution in [0.25, 0.3) is 0 Å². The van der Waals surface area contributed by atoms with E-state index in [4.69, 9.17) is 11.6 Å². The van der Waals surface area contributed by atoms with Gasteiger partial charge in [0.15, 0.2) is 5.82 Å². The number of aromatic nitrogens is 3. The normalized spacial score (nSPS) is 18.5. The van der Waals surface area contributed by atoms with Crippen LogP contribution in [-0.4, -0.2) is 21.4 Å². The number of hydrogen-bond donors (Lipinski definition) is 3. The molecule has 88 valence electrons. The van der Waals surface area contributed by atoms with Crippen molar-refractivity contribution in [3.8, 4) is 0 Å². The highest BCUT2D eigenvalue weighted by molar-refractivity contribution is 5.56. The average molecular weight is 230 g/mol. The van der Waals surface area contributed by atoms with Gasteiger partial charge in [-0.15, -0.1) is 10.2 Å². The summed E-state index contributed by atoms with van der Waals surface area (Å²) in [4.78, 5) is 0. The Bertz CT molecular complexity index is 547. The quantitative estimate of drug-likeness (QED) is 0.621. The van der Waals surface area contributed by atoms with E-state index < -0.39 is 0 Å². The molecule has 3 rings (SSSR count). The van der Waals surface area contributed by atoms with Gasteiger partial charge in [-0.25, -0.2) is 4.68 Å². The molecule has 0 spiro atoms. The molecule has 1 aromatic carbocycles. The molecule has 1 aliphatic heterocycles. The second kappa shape index (κ2) is 3.65. The zero-order valence-corrected chi connectivity index (χ0v) is 9.30. The summed E-state index contributed by atoms with van der Waals surface area (Å²) in [6, 6.07) is 8.16. The first-order valence-electron chi connectivity index (χ1n) is 5.56. The van der Waals surface area contributed by atoms with Crippen LogP contribution in [0.4, 0.5) is 11.6 Å². The fraction of sp³-hybridized carbons (Fsp3) is 0.273. The van der Waals surface area contributed by atoms with Crippen LogP contribution in [0.3, 0.4) is 0 Å². The van der Waals surface area contributed by atoms with Gasteiger partial charge in [-0.05, 0) is 18.1 Å².